The van der Waals surface area contributed by atoms with Crippen LogP contribution in [0.2, 0.25) is 0 Å². The number of hydrogen-bond acceptors (Lipinski definition) is 4. The number of rotatable bonds is 3. The first-order valence-corrected chi connectivity index (χ1v) is 8.19. The highest BCUT2D eigenvalue weighted by Crippen LogP contribution is 2.36. The Morgan fingerprint density at radius 3 is 2.35 bits per heavy atom. The highest BCUT2D eigenvalue weighted by Gasteiger charge is 2.50. The van der Waals surface area contributed by atoms with E-state index < -0.39 is 0 Å². The van der Waals surface area contributed by atoms with Crippen molar-refractivity contribution in [3.63, 3.8) is 0 Å². The summed E-state index contributed by atoms with van der Waals surface area (Å²) in [6.07, 6.45) is 1.71. The number of likely N-dealkylation sites (tertiary alicyclic amines) is 1. The van der Waals surface area contributed by atoms with Gasteiger partial charge in [-0.25, -0.2) is 0 Å². The van der Waals surface area contributed by atoms with Gasteiger partial charge in [0.1, 0.15) is 5.54 Å². The summed E-state index contributed by atoms with van der Waals surface area (Å²) < 4.78 is 1.05. The predicted octanol–water partition coefficient (Wildman–Crippen LogP) is 1.98. The molecule has 3 rings (SSSR count). The predicted molar refractivity (Wildman–Crippen MR) is 102 cm³/mol. The lowest BCUT2D eigenvalue weighted by atomic mass is 9.85. The van der Waals surface area contributed by atoms with Crippen LogP contribution in [0.4, 0.5) is 5.69 Å². The number of benzene rings is 1. The Bertz CT molecular complexity index is 521. The summed E-state index contributed by atoms with van der Waals surface area (Å²) in [5.41, 5.74) is 6.34. The molecule has 0 atom stereocenters. The van der Waals surface area contributed by atoms with Crippen LogP contribution in [-0.2, 0) is 4.79 Å². The number of anilines is 1. The van der Waals surface area contributed by atoms with Crippen LogP contribution in [0.5, 0.6) is 0 Å². The van der Waals surface area contributed by atoms with Crippen LogP contribution in [0, 0.1) is 0 Å². The third-order valence-corrected chi connectivity index (χ3v) is 5.13. The molecule has 2 saturated heterocycles. The summed E-state index contributed by atoms with van der Waals surface area (Å²) in [6.45, 7) is 4.04. The molecular formula is C15H23BrCl2N4O. The normalized spacial score (nSPS) is 19.9. The molecule has 5 nitrogen and oxygen atoms in total. The van der Waals surface area contributed by atoms with Crippen LogP contribution >= 0.6 is 40.7 Å². The first-order valence-electron chi connectivity index (χ1n) is 7.40. The van der Waals surface area contributed by atoms with E-state index in [-0.39, 0.29) is 36.3 Å². The third-order valence-electron chi connectivity index (χ3n) is 4.60. The second-order valence-electron chi connectivity index (χ2n) is 5.73. The van der Waals surface area contributed by atoms with Gasteiger partial charge in [0.25, 0.3) is 0 Å². The maximum absolute atomic E-state index is 12.5. The molecule has 2 aliphatic rings. The summed E-state index contributed by atoms with van der Waals surface area (Å²) in [5, 5.41) is 3.02. The van der Waals surface area contributed by atoms with Gasteiger partial charge in [-0.1, -0.05) is 15.9 Å². The zero-order chi connectivity index (χ0) is 14.9. The van der Waals surface area contributed by atoms with E-state index in [4.69, 9.17) is 5.73 Å². The fraction of sp³-hybridized carbons (Fsp3) is 0.533. The Hall–Kier alpha value is -0.530. The summed E-state index contributed by atoms with van der Waals surface area (Å²) in [6, 6.07) is 8.18. The second kappa shape index (κ2) is 8.53. The number of amides is 1. The zero-order valence-electron chi connectivity index (χ0n) is 12.8. The van der Waals surface area contributed by atoms with Gasteiger partial charge in [0.2, 0.25) is 5.91 Å². The lowest BCUT2D eigenvalue weighted by Gasteiger charge is -2.43. The minimum atomic E-state index is -0.390. The van der Waals surface area contributed by atoms with Gasteiger partial charge in [-0.15, -0.1) is 24.8 Å². The van der Waals surface area contributed by atoms with Crippen molar-refractivity contribution in [2.45, 2.75) is 18.4 Å². The van der Waals surface area contributed by atoms with Crippen LogP contribution < -0.4 is 16.0 Å². The number of nitrogens with zero attached hydrogens (tertiary/aromatic N) is 2. The van der Waals surface area contributed by atoms with Gasteiger partial charge in [-0.2, -0.15) is 0 Å². The van der Waals surface area contributed by atoms with Crippen molar-refractivity contribution < 1.29 is 4.79 Å². The molecule has 2 aliphatic heterocycles. The Labute approximate surface area is 157 Å². The van der Waals surface area contributed by atoms with Gasteiger partial charge in [0.05, 0.1) is 6.67 Å². The second-order valence-corrected chi connectivity index (χ2v) is 6.65. The quantitative estimate of drug-likeness (QED) is 0.777. The van der Waals surface area contributed by atoms with Gasteiger partial charge in [0.15, 0.2) is 0 Å². The molecule has 23 heavy (non-hydrogen) atoms. The summed E-state index contributed by atoms with van der Waals surface area (Å²) >= 11 is 3.46. The molecule has 0 radical (unpaired) electrons. The monoisotopic (exact) mass is 424 g/mol. The van der Waals surface area contributed by atoms with Crippen molar-refractivity contribution in [2.24, 2.45) is 5.73 Å². The van der Waals surface area contributed by atoms with Gasteiger partial charge in [-0.3, -0.25) is 4.79 Å². The first-order chi connectivity index (χ1) is 10.2. The number of halogens is 3. The minimum Gasteiger partial charge on any atom is -0.339 e. The maximum atomic E-state index is 12.5. The molecule has 130 valence electrons. The van der Waals surface area contributed by atoms with E-state index in [2.05, 4.69) is 43.2 Å². The van der Waals surface area contributed by atoms with Crippen LogP contribution in [-0.4, -0.2) is 49.2 Å². The van der Waals surface area contributed by atoms with Crippen LogP contribution in [0.1, 0.15) is 12.8 Å². The number of carbonyl (C=O) groups excluding carboxylic acids is 1. The maximum Gasteiger partial charge on any atom is 0.247 e. The third kappa shape index (κ3) is 3.94. The summed E-state index contributed by atoms with van der Waals surface area (Å²) in [4.78, 5) is 17.0. The van der Waals surface area contributed by atoms with Crippen LogP contribution in [0.3, 0.4) is 0 Å². The smallest absolute Gasteiger partial charge is 0.247 e. The molecule has 0 bridgehead atoms. The van der Waals surface area contributed by atoms with Crippen molar-refractivity contribution in [1.82, 2.24) is 10.2 Å². The zero-order valence-corrected chi connectivity index (χ0v) is 16.1. The lowest BCUT2D eigenvalue weighted by Crippen LogP contribution is -2.56. The van der Waals surface area contributed by atoms with Crippen molar-refractivity contribution >= 4 is 52.3 Å². The van der Waals surface area contributed by atoms with Gasteiger partial charge in [0, 0.05) is 36.3 Å². The highest BCUT2D eigenvalue weighted by molar-refractivity contribution is 9.10. The molecule has 1 spiro atoms. The number of nitrogens with two attached hydrogens (primary N) is 1. The van der Waals surface area contributed by atoms with E-state index in [0.717, 1.165) is 42.6 Å². The summed E-state index contributed by atoms with van der Waals surface area (Å²) in [7, 11) is 0. The van der Waals surface area contributed by atoms with E-state index in [1.807, 2.05) is 12.1 Å². The Kier molecular flexibility index (Phi) is 7.61. The standard InChI is InChI=1S/C15H21BrN4O.2ClH/c16-12-1-3-13(4-2-12)20-11-18-14(21)15(20)5-8-19(9-6-15)10-7-17;;/h1-4H,5-11,17H2,(H,18,21);2*1H. The Morgan fingerprint density at radius 1 is 1.17 bits per heavy atom. The average molecular weight is 426 g/mol. The van der Waals surface area contributed by atoms with Gasteiger partial charge in [-0.05, 0) is 37.1 Å². The molecule has 0 saturated carbocycles. The number of carbonyl (C=O) groups is 1. The van der Waals surface area contributed by atoms with Crippen molar-refractivity contribution in [1.29, 1.82) is 0 Å². The molecule has 8 heteroatoms. The van der Waals surface area contributed by atoms with Crippen LogP contribution in [0.25, 0.3) is 0 Å². The number of nitrogens with one attached hydrogen (secondary N) is 1. The lowest BCUT2D eigenvalue weighted by molar-refractivity contribution is -0.125. The summed E-state index contributed by atoms with van der Waals surface area (Å²) in [5.74, 6) is 0.165. The van der Waals surface area contributed by atoms with Crippen LogP contribution in [0.15, 0.2) is 28.7 Å². The molecule has 2 fully saturated rings. The molecule has 1 aromatic rings. The van der Waals surface area contributed by atoms with E-state index >= 15 is 0 Å². The Morgan fingerprint density at radius 2 is 1.78 bits per heavy atom. The fourth-order valence-corrected chi connectivity index (χ4v) is 3.64. The number of hydrogen-bond donors (Lipinski definition) is 2. The molecule has 0 aromatic heterocycles. The van der Waals surface area contributed by atoms with Gasteiger partial charge >= 0.3 is 0 Å². The average Bonchev–Trinajstić information content (AvgIpc) is 2.80. The first kappa shape index (κ1) is 20.5. The fourth-order valence-electron chi connectivity index (χ4n) is 3.37. The van der Waals surface area contributed by atoms with Crippen molar-refractivity contribution in [3.8, 4) is 0 Å². The van der Waals surface area contributed by atoms with E-state index in [0.29, 0.717) is 13.2 Å². The van der Waals surface area contributed by atoms with Gasteiger partial charge < -0.3 is 20.9 Å². The van der Waals surface area contributed by atoms with Crippen molar-refractivity contribution in [3.05, 3.63) is 28.7 Å². The molecule has 1 aromatic carbocycles. The SMILES string of the molecule is Cl.Cl.NCCN1CCC2(CC1)C(=O)NCN2c1ccc(Br)cc1. The van der Waals surface area contributed by atoms with E-state index in [1.54, 1.807) is 0 Å². The largest absolute Gasteiger partial charge is 0.339 e. The minimum absolute atomic E-state index is 0. The molecule has 1 amide bonds. The van der Waals surface area contributed by atoms with E-state index in [9.17, 15) is 4.79 Å². The molecule has 0 unspecified atom stereocenters. The molecule has 0 aliphatic carbocycles. The highest BCUT2D eigenvalue weighted by atomic mass is 79.9. The van der Waals surface area contributed by atoms with E-state index in [1.165, 1.54) is 0 Å². The van der Waals surface area contributed by atoms with Crippen molar-refractivity contribution in [2.75, 3.05) is 37.7 Å². The molecular weight excluding hydrogens is 403 g/mol. The number of piperidine rings is 1. The molecule has 3 N–H and O–H groups in total. The topological polar surface area (TPSA) is 61.6 Å². The molecule has 2 heterocycles. The Balaban J connectivity index is 0.00000132.